The predicted molar refractivity (Wildman–Crippen MR) is 70.9 cm³/mol. The van der Waals surface area contributed by atoms with Gasteiger partial charge in [0.15, 0.2) is 0 Å². The summed E-state index contributed by atoms with van der Waals surface area (Å²) in [7, 11) is 0. The zero-order valence-corrected chi connectivity index (χ0v) is 10.7. The van der Waals surface area contributed by atoms with Crippen molar-refractivity contribution in [2.75, 3.05) is 6.54 Å². The molecule has 0 spiro atoms. The third-order valence-corrected chi connectivity index (χ3v) is 3.92. The molecular formula is C15H16FN3. The van der Waals surface area contributed by atoms with Crippen LogP contribution in [0.4, 0.5) is 4.39 Å². The van der Waals surface area contributed by atoms with E-state index in [0.29, 0.717) is 5.92 Å². The summed E-state index contributed by atoms with van der Waals surface area (Å²) < 4.78 is 15.7. The second-order valence-corrected chi connectivity index (χ2v) is 5.38. The molecule has 1 fully saturated rings. The second-order valence-electron chi connectivity index (χ2n) is 5.38. The Kier molecular flexibility index (Phi) is 2.45. The lowest BCUT2D eigenvalue weighted by molar-refractivity contribution is 0.615. The molecule has 2 heterocycles. The molecule has 4 heteroatoms. The van der Waals surface area contributed by atoms with Crippen molar-refractivity contribution >= 4 is 0 Å². The Hall–Kier alpha value is -1.68. The molecule has 3 nitrogen and oxygen atoms in total. The molecule has 0 amide bonds. The van der Waals surface area contributed by atoms with Gasteiger partial charge < -0.3 is 9.88 Å². The Morgan fingerprint density at radius 1 is 1.32 bits per heavy atom. The number of rotatable bonds is 2. The molecule has 19 heavy (non-hydrogen) atoms. The van der Waals surface area contributed by atoms with Crippen LogP contribution >= 0.6 is 0 Å². The molecule has 1 aromatic heterocycles. The average molecular weight is 257 g/mol. The van der Waals surface area contributed by atoms with Gasteiger partial charge in [-0.25, -0.2) is 9.37 Å². The SMILES string of the molecule is Fc1cccc(-n2c(C3CC3)nc3c2CCNC3)c1. The van der Waals surface area contributed by atoms with Crippen molar-refractivity contribution in [1.82, 2.24) is 14.9 Å². The Morgan fingerprint density at radius 3 is 3.00 bits per heavy atom. The molecule has 2 aromatic rings. The highest BCUT2D eigenvalue weighted by atomic mass is 19.1. The molecular weight excluding hydrogens is 241 g/mol. The van der Waals surface area contributed by atoms with Crippen molar-refractivity contribution in [3.8, 4) is 5.69 Å². The monoisotopic (exact) mass is 257 g/mol. The maximum absolute atomic E-state index is 13.5. The maximum Gasteiger partial charge on any atom is 0.125 e. The molecule has 98 valence electrons. The minimum atomic E-state index is -0.185. The first-order chi connectivity index (χ1) is 9.33. The molecule has 1 aliphatic heterocycles. The summed E-state index contributed by atoms with van der Waals surface area (Å²) in [5.41, 5.74) is 3.31. The Bertz CT molecular complexity index is 628. The van der Waals surface area contributed by atoms with Gasteiger partial charge in [0.25, 0.3) is 0 Å². The number of nitrogens with one attached hydrogen (secondary N) is 1. The van der Waals surface area contributed by atoms with E-state index in [4.69, 9.17) is 4.98 Å². The second kappa shape index (κ2) is 4.17. The van der Waals surface area contributed by atoms with Gasteiger partial charge in [0.2, 0.25) is 0 Å². The van der Waals surface area contributed by atoms with E-state index in [2.05, 4.69) is 9.88 Å². The molecule has 0 saturated heterocycles. The van der Waals surface area contributed by atoms with Gasteiger partial charge in [0, 0.05) is 36.8 Å². The van der Waals surface area contributed by atoms with E-state index >= 15 is 0 Å². The van der Waals surface area contributed by atoms with Crippen molar-refractivity contribution in [1.29, 1.82) is 0 Å². The molecule has 2 aliphatic rings. The van der Waals surface area contributed by atoms with Gasteiger partial charge in [-0.15, -0.1) is 0 Å². The minimum Gasteiger partial charge on any atom is -0.311 e. The van der Waals surface area contributed by atoms with Crippen LogP contribution in [-0.2, 0) is 13.0 Å². The summed E-state index contributed by atoms with van der Waals surface area (Å²) in [6.45, 7) is 1.80. The normalized spacial score (nSPS) is 18.4. The van der Waals surface area contributed by atoms with Crippen molar-refractivity contribution in [2.45, 2.75) is 31.7 Å². The van der Waals surface area contributed by atoms with Gasteiger partial charge in [0.1, 0.15) is 11.6 Å². The van der Waals surface area contributed by atoms with E-state index in [0.717, 1.165) is 36.7 Å². The summed E-state index contributed by atoms with van der Waals surface area (Å²) in [4.78, 5) is 4.80. The molecule has 0 atom stereocenters. The van der Waals surface area contributed by atoms with Gasteiger partial charge in [0.05, 0.1) is 5.69 Å². The third kappa shape index (κ3) is 1.87. The topological polar surface area (TPSA) is 29.9 Å². The fraction of sp³-hybridized carbons (Fsp3) is 0.400. The average Bonchev–Trinajstić information content (AvgIpc) is 3.19. The zero-order valence-electron chi connectivity index (χ0n) is 10.7. The van der Waals surface area contributed by atoms with E-state index in [1.54, 1.807) is 12.1 Å². The number of hydrogen-bond acceptors (Lipinski definition) is 2. The van der Waals surface area contributed by atoms with Crippen molar-refractivity contribution in [3.63, 3.8) is 0 Å². The maximum atomic E-state index is 13.5. The van der Waals surface area contributed by atoms with Crippen LogP contribution in [0.1, 0.15) is 36.0 Å². The quantitative estimate of drug-likeness (QED) is 0.896. The van der Waals surface area contributed by atoms with Gasteiger partial charge in [-0.05, 0) is 31.0 Å². The van der Waals surface area contributed by atoms with Gasteiger partial charge in [-0.1, -0.05) is 6.07 Å². The third-order valence-electron chi connectivity index (χ3n) is 3.92. The van der Waals surface area contributed by atoms with Crippen LogP contribution in [0.25, 0.3) is 5.69 Å². The fourth-order valence-electron chi connectivity index (χ4n) is 2.85. The van der Waals surface area contributed by atoms with Crippen LogP contribution in [0.3, 0.4) is 0 Å². The van der Waals surface area contributed by atoms with E-state index in [-0.39, 0.29) is 5.82 Å². The van der Waals surface area contributed by atoms with Crippen LogP contribution in [0, 0.1) is 5.82 Å². The zero-order chi connectivity index (χ0) is 12.8. The summed E-state index contributed by atoms with van der Waals surface area (Å²) in [6.07, 6.45) is 3.38. The summed E-state index contributed by atoms with van der Waals surface area (Å²) in [5, 5.41) is 3.35. The first-order valence-corrected chi connectivity index (χ1v) is 6.90. The van der Waals surface area contributed by atoms with Crippen LogP contribution in [0.15, 0.2) is 24.3 Å². The lowest BCUT2D eigenvalue weighted by atomic mass is 10.1. The number of fused-ring (bicyclic) bond motifs is 1. The molecule has 0 unspecified atom stereocenters. The van der Waals surface area contributed by atoms with E-state index in [1.807, 2.05) is 6.07 Å². The molecule has 1 aromatic carbocycles. The smallest absolute Gasteiger partial charge is 0.125 e. The lowest BCUT2D eigenvalue weighted by Gasteiger charge is -2.16. The van der Waals surface area contributed by atoms with E-state index in [1.165, 1.54) is 24.6 Å². The first kappa shape index (κ1) is 11.2. The minimum absolute atomic E-state index is 0.185. The highest BCUT2D eigenvalue weighted by Gasteiger charge is 2.32. The summed E-state index contributed by atoms with van der Waals surface area (Å²) >= 11 is 0. The van der Waals surface area contributed by atoms with Gasteiger partial charge in [-0.3, -0.25) is 0 Å². The largest absolute Gasteiger partial charge is 0.311 e. The van der Waals surface area contributed by atoms with Crippen molar-refractivity contribution in [3.05, 3.63) is 47.3 Å². The summed E-state index contributed by atoms with van der Waals surface area (Å²) in [5.74, 6) is 1.50. The van der Waals surface area contributed by atoms with E-state index < -0.39 is 0 Å². The van der Waals surface area contributed by atoms with Crippen molar-refractivity contribution < 1.29 is 4.39 Å². The first-order valence-electron chi connectivity index (χ1n) is 6.90. The highest BCUT2D eigenvalue weighted by Crippen LogP contribution is 2.41. The lowest BCUT2D eigenvalue weighted by Crippen LogP contribution is -2.24. The Morgan fingerprint density at radius 2 is 2.21 bits per heavy atom. The number of imidazole rings is 1. The number of halogens is 1. The molecule has 0 radical (unpaired) electrons. The van der Waals surface area contributed by atoms with Crippen LogP contribution in [-0.4, -0.2) is 16.1 Å². The van der Waals surface area contributed by atoms with Gasteiger partial charge >= 0.3 is 0 Å². The number of hydrogen-bond donors (Lipinski definition) is 1. The molecule has 4 rings (SSSR count). The molecule has 1 saturated carbocycles. The Labute approximate surface area is 111 Å². The van der Waals surface area contributed by atoms with Gasteiger partial charge in [-0.2, -0.15) is 0 Å². The molecule has 1 N–H and O–H groups in total. The Balaban J connectivity index is 1.91. The van der Waals surface area contributed by atoms with Crippen LogP contribution in [0.5, 0.6) is 0 Å². The molecule has 1 aliphatic carbocycles. The number of aromatic nitrogens is 2. The van der Waals surface area contributed by atoms with Crippen LogP contribution in [0.2, 0.25) is 0 Å². The van der Waals surface area contributed by atoms with Crippen molar-refractivity contribution in [2.24, 2.45) is 0 Å². The predicted octanol–water partition coefficient (Wildman–Crippen LogP) is 2.53. The summed E-state index contributed by atoms with van der Waals surface area (Å²) in [6, 6.07) is 6.84. The van der Waals surface area contributed by atoms with E-state index in [9.17, 15) is 4.39 Å². The number of benzene rings is 1. The molecule has 0 bridgehead atoms. The highest BCUT2D eigenvalue weighted by molar-refractivity contribution is 5.40. The fourth-order valence-corrected chi connectivity index (χ4v) is 2.85. The van der Waals surface area contributed by atoms with Crippen LogP contribution < -0.4 is 5.32 Å². The number of nitrogens with zero attached hydrogens (tertiary/aromatic N) is 2. The standard InChI is InChI=1S/C15H16FN3/c16-11-2-1-3-12(8-11)19-14-6-7-17-9-13(14)18-15(19)10-4-5-10/h1-3,8,10,17H,4-7,9H2.